The second-order valence-corrected chi connectivity index (χ2v) is 10.1. The van der Waals surface area contributed by atoms with Crippen LogP contribution in [0.4, 0.5) is 0 Å². The van der Waals surface area contributed by atoms with Gasteiger partial charge in [-0.1, -0.05) is 18.3 Å². The van der Waals surface area contributed by atoms with Crippen LogP contribution in [0.15, 0.2) is 48.8 Å². The van der Waals surface area contributed by atoms with E-state index in [1.807, 2.05) is 36.4 Å². The smallest absolute Gasteiger partial charge is 0.303 e. The first-order valence-electron chi connectivity index (χ1n) is 12.4. The number of aryl methyl sites for hydroxylation is 1. The van der Waals surface area contributed by atoms with Crippen molar-refractivity contribution in [1.82, 2.24) is 14.9 Å². The molecule has 2 N–H and O–H groups in total. The van der Waals surface area contributed by atoms with E-state index in [0.717, 1.165) is 83.5 Å². The molecule has 2 aromatic heterocycles. The zero-order chi connectivity index (χ0) is 25.5. The molecule has 8 heteroatoms. The second kappa shape index (κ2) is 11.9. The van der Waals surface area contributed by atoms with E-state index in [1.165, 1.54) is 0 Å². The molecule has 190 valence electrons. The van der Waals surface area contributed by atoms with E-state index in [4.69, 9.17) is 17.0 Å². The van der Waals surface area contributed by atoms with E-state index in [2.05, 4.69) is 14.9 Å². The van der Waals surface area contributed by atoms with Crippen molar-refractivity contribution < 1.29 is 19.7 Å². The number of fused-ring (bicyclic) bond motifs is 1. The quantitative estimate of drug-likeness (QED) is 0.291. The van der Waals surface area contributed by atoms with Crippen LogP contribution >= 0.6 is 12.2 Å². The summed E-state index contributed by atoms with van der Waals surface area (Å²) >= 11 is 5.60. The number of piperidine rings is 1. The Hall–Kier alpha value is -2.94. The van der Waals surface area contributed by atoms with Crippen molar-refractivity contribution in [2.24, 2.45) is 5.41 Å². The lowest BCUT2D eigenvalue weighted by molar-refractivity contribution is -0.140. The molecular weight excluding hydrogens is 474 g/mol. The van der Waals surface area contributed by atoms with Crippen LogP contribution in [0.25, 0.3) is 10.9 Å². The number of aliphatic hydroxyl groups is 1. The molecule has 0 radical (unpaired) electrons. The Morgan fingerprint density at radius 3 is 2.67 bits per heavy atom. The zero-order valence-corrected chi connectivity index (χ0v) is 21.5. The predicted molar refractivity (Wildman–Crippen MR) is 143 cm³/mol. The summed E-state index contributed by atoms with van der Waals surface area (Å²) in [6, 6.07) is 11.5. The van der Waals surface area contributed by atoms with Crippen molar-refractivity contribution in [2.75, 3.05) is 26.7 Å². The third kappa shape index (κ3) is 6.24. The number of carbonyl (C=O) groups is 1. The molecule has 0 aliphatic carbocycles. The maximum absolute atomic E-state index is 11.8. The van der Waals surface area contributed by atoms with Crippen LogP contribution in [-0.2, 0) is 17.8 Å². The molecule has 3 aromatic rings. The fourth-order valence-corrected chi connectivity index (χ4v) is 5.60. The first-order valence-corrected chi connectivity index (χ1v) is 12.8. The summed E-state index contributed by atoms with van der Waals surface area (Å²) in [6.45, 7) is 2.22. The number of hydrogen-bond acceptors (Lipinski definition) is 7. The minimum Gasteiger partial charge on any atom is -0.497 e. The lowest BCUT2D eigenvalue weighted by atomic mass is 9.71. The zero-order valence-electron chi connectivity index (χ0n) is 20.7. The van der Waals surface area contributed by atoms with Gasteiger partial charge < -0.3 is 14.9 Å². The number of thiocarbonyl (C=S) groups is 1. The van der Waals surface area contributed by atoms with Gasteiger partial charge in [0.15, 0.2) is 0 Å². The van der Waals surface area contributed by atoms with E-state index in [0.29, 0.717) is 6.54 Å². The normalized spacial score (nSPS) is 15.6. The van der Waals surface area contributed by atoms with Gasteiger partial charge in [-0.25, -0.2) is 0 Å². The fourth-order valence-electron chi connectivity index (χ4n) is 5.30. The number of benzene rings is 1. The second-order valence-electron chi connectivity index (χ2n) is 9.64. The number of aromatic nitrogens is 2. The highest BCUT2D eigenvalue weighted by molar-refractivity contribution is 7.80. The van der Waals surface area contributed by atoms with Gasteiger partial charge in [0, 0.05) is 24.3 Å². The molecule has 0 saturated carbocycles. The van der Waals surface area contributed by atoms with Crippen LogP contribution in [0.5, 0.6) is 5.75 Å². The molecular formula is C28H33N3O4S. The number of ether oxygens (including phenoxy) is 1. The molecule has 4 rings (SSSR count). The van der Waals surface area contributed by atoms with E-state index in [-0.39, 0.29) is 18.4 Å². The summed E-state index contributed by atoms with van der Waals surface area (Å²) in [7, 11) is 1.63. The van der Waals surface area contributed by atoms with Crippen LogP contribution in [0.2, 0.25) is 0 Å². The molecule has 0 atom stereocenters. The Morgan fingerprint density at radius 2 is 2.00 bits per heavy atom. The van der Waals surface area contributed by atoms with Crippen molar-refractivity contribution in [3.63, 3.8) is 0 Å². The van der Waals surface area contributed by atoms with Crippen molar-refractivity contribution in [3.8, 4) is 5.75 Å². The first kappa shape index (κ1) is 26.1. The van der Waals surface area contributed by atoms with E-state index >= 15 is 0 Å². The molecule has 1 fully saturated rings. The first-order chi connectivity index (χ1) is 17.4. The number of likely N-dealkylation sites (tertiary alicyclic amines) is 1. The van der Waals surface area contributed by atoms with E-state index < -0.39 is 5.97 Å². The van der Waals surface area contributed by atoms with Gasteiger partial charge in [-0.3, -0.25) is 19.7 Å². The molecule has 3 heterocycles. The van der Waals surface area contributed by atoms with Gasteiger partial charge in [-0.2, -0.15) is 0 Å². The van der Waals surface area contributed by atoms with E-state index in [1.54, 1.807) is 19.5 Å². The van der Waals surface area contributed by atoms with Gasteiger partial charge in [0.2, 0.25) is 0 Å². The number of hydrogen-bond donors (Lipinski definition) is 2. The minimum atomic E-state index is -0.748. The highest BCUT2D eigenvalue weighted by atomic mass is 32.1. The van der Waals surface area contributed by atoms with Crippen LogP contribution in [0.1, 0.15) is 48.9 Å². The standard InChI is InChI=1S/C28H33N3O4S/c1-35-21-7-8-24-23(15-21)22(20(19-32)17-30-24)5-4-9-28(16-27(33)34)10-13-31(14-11-28)18-26(36)25-6-2-3-12-29-25/h2-3,6-8,12,15,17,32H,4-5,9-11,13-14,16,18-19H2,1H3,(H,33,34). The molecule has 0 amide bonds. The molecule has 1 saturated heterocycles. The van der Waals surface area contributed by atoms with Gasteiger partial charge in [-0.05, 0) is 92.1 Å². The van der Waals surface area contributed by atoms with Gasteiger partial charge in [0.25, 0.3) is 0 Å². The molecule has 1 aliphatic heterocycles. The Bertz CT molecular complexity index is 1200. The predicted octanol–water partition coefficient (Wildman–Crippen LogP) is 4.43. The maximum Gasteiger partial charge on any atom is 0.303 e. The Kier molecular flexibility index (Phi) is 8.61. The molecule has 0 bridgehead atoms. The third-order valence-corrected chi connectivity index (χ3v) is 7.68. The molecule has 0 unspecified atom stereocenters. The molecule has 7 nitrogen and oxygen atoms in total. The lowest BCUT2D eigenvalue weighted by Crippen LogP contribution is -2.43. The number of carboxylic acids is 1. The molecule has 36 heavy (non-hydrogen) atoms. The fraction of sp³-hybridized carbons (Fsp3) is 0.429. The van der Waals surface area contributed by atoms with Crippen molar-refractivity contribution >= 4 is 34.0 Å². The molecule has 1 aromatic carbocycles. The van der Waals surface area contributed by atoms with Crippen LogP contribution in [0.3, 0.4) is 0 Å². The van der Waals surface area contributed by atoms with Gasteiger partial charge in [-0.15, -0.1) is 0 Å². The van der Waals surface area contributed by atoms with Crippen LogP contribution < -0.4 is 4.74 Å². The summed E-state index contributed by atoms with van der Waals surface area (Å²) in [5.41, 5.74) is 3.32. The largest absolute Gasteiger partial charge is 0.497 e. The summed E-state index contributed by atoms with van der Waals surface area (Å²) in [5.74, 6) is 0.00146. The number of nitrogens with zero attached hydrogens (tertiary/aromatic N) is 3. The summed E-state index contributed by atoms with van der Waals surface area (Å²) in [4.78, 5) is 23.8. The van der Waals surface area contributed by atoms with Crippen molar-refractivity contribution in [2.45, 2.75) is 45.1 Å². The van der Waals surface area contributed by atoms with Gasteiger partial charge in [0.1, 0.15) is 5.75 Å². The SMILES string of the molecule is COc1ccc2ncc(CO)c(CCCC3(CC(=O)O)CCN(CC(=S)c4ccccn4)CC3)c2c1. The number of methoxy groups -OCH3 is 1. The van der Waals surface area contributed by atoms with Gasteiger partial charge in [0.05, 0.1) is 36.2 Å². The topological polar surface area (TPSA) is 95.8 Å². The summed E-state index contributed by atoms with van der Waals surface area (Å²) in [6.07, 6.45) is 7.70. The number of aliphatic carboxylic acids is 1. The molecule has 0 spiro atoms. The number of pyridine rings is 2. The third-order valence-electron chi connectivity index (χ3n) is 7.34. The summed E-state index contributed by atoms with van der Waals surface area (Å²) in [5, 5.41) is 20.6. The molecule has 1 aliphatic rings. The van der Waals surface area contributed by atoms with E-state index in [9.17, 15) is 15.0 Å². The number of aliphatic hydroxyl groups excluding tert-OH is 1. The van der Waals surface area contributed by atoms with Crippen molar-refractivity contribution in [3.05, 3.63) is 65.6 Å². The average molecular weight is 508 g/mol. The van der Waals surface area contributed by atoms with Crippen LogP contribution in [-0.4, -0.2) is 62.7 Å². The highest BCUT2D eigenvalue weighted by Crippen LogP contribution is 2.40. The van der Waals surface area contributed by atoms with Gasteiger partial charge >= 0.3 is 5.97 Å². The monoisotopic (exact) mass is 507 g/mol. The Morgan fingerprint density at radius 1 is 1.19 bits per heavy atom. The Balaban J connectivity index is 1.43. The van der Waals surface area contributed by atoms with Crippen molar-refractivity contribution in [1.29, 1.82) is 0 Å². The Labute approximate surface area is 217 Å². The number of rotatable bonds is 11. The minimum absolute atomic E-state index is 0.0824. The summed E-state index contributed by atoms with van der Waals surface area (Å²) < 4.78 is 5.40. The van der Waals surface area contributed by atoms with Crippen LogP contribution in [0, 0.1) is 5.41 Å². The maximum atomic E-state index is 11.8. The average Bonchev–Trinajstić information content (AvgIpc) is 2.90. The lowest BCUT2D eigenvalue weighted by Gasteiger charge is -2.41. The highest BCUT2D eigenvalue weighted by Gasteiger charge is 2.36. The number of carboxylic acid groups (broad SMARTS) is 1.